The van der Waals surface area contributed by atoms with Crippen LogP contribution < -0.4 is 4.90 Å². The van der Waals surface area contributed by atoms with Crippen LogP contribution in [0.5, 0.6) is 0 Å². The Balaban J connectivity index is 1.70. The molecule has 39 heavy (non-hydrogen) atoms. The van der Waals surface area contributed by atoms with Gasteiger partial charge in [-0.1, -0.05) is 70.7 Å². The quantitative estimate of drug-likeness (QED) is 0.211. The number of hydrogen-bond donors (Lipinski definition) is 0. The van der Waals surface area contributed by atoms with Crippen LogP contribution in [-0.4, -0.2) is 80.0 Å². The van der Waals surface area contributed by atoms with Crippen LogP contribution in [0.2, 0.25) is 0 Å². The van der Waals surface area contributed by atoms with Gasteiger partial charge in [0.25, 0.3) is 5.91 Å². The molecular weight excluding hydrogens is 480 g/mol. The zero-order chi connectivity index (χ0) is 27.9. The van der Waals surface area contributed by atoms with Crippen molar-refractivity contribution in [2.24, 2.45) is 0 Å². The highest BCUT2D eigenvalue weighted by atomic mass is 16.2. The van der Waals surface area contributed by atoms with Crippen LogP contribution in [0.1, 0.15) is 87.2 Å². The highest BCUT2D eigenvalue weighted by molar-refractivity contribution is 5.94. The summed E-state index contributed by atoms with van der Waals surface area (Å²) in [6.07, 6.45) is 9.63. The van der Waals surface area contributed by atoms with Gasteiger partial charge in [0, 0.05) is 57.1 Å². The van der Waals surface area contributed by atoms with E-state index in [4.69, 9.17) is 0 Å². The number of aryl methyl sites for hydroxylation is 1. The van der Waals surface area contributed by atoms with Crippen LogP contribution in [0.4, 0.5) is 5.69 Å². The third-order valence-corrected chi connectivity index (χ3v) is 8.08. The summed E-state index contributed by atoms with van der Waals surface area (Å²) in [7, 11) is 2.19. The van der Waals surface area contributed by atoms with E-state index in [9.17, 15) is 4.79 Å². The molecule has 1 heterocycles. The maximum Gasteiger partial charge on any atom is 0.254 e. The molecule has 1 fully saturated rings. The van der Waals surface area contributed by atoms with E-state index >= 15 is 0 Å². The molecule has 5 heteroatoms. The van der Waals surface area contributed by atoms with Gasteiger partial charge in [-0.15, -0.1) is 0 Å². The van der Waals surface area contributed by atoms with Crippen LogP contribution in [0.25, 0.3) is 0 Å². The second kappa shape index (κ2) is 17.3. The molecule has 0 spiro atoms. The van der Waals surface area contributed by atoms with Crippen molar-refractivity contribution in [2.45, 2.75) is 78.7 Å². The third kappa shape index (κ3) is 10.6. The Morgan fingerprint density at radius 3 is 1.87 bits per heavy atom. The van der Waals surface area contributed by atoms with Crippen molar-refractivity contribution in [3.05, 3.63) is 65.2 Å². The highest BCUT2D eigenvalue weighted by Gasteiger charge is 2.19. The van der Waals surface area contributed by atoms with E-state index in [0.717, 1.165) is 64.3 Å². The first-order valence-corrected chi connectivity index (χ1v) is 15.7. The topological polar surface area (TPSA) is 30.0 Å². The Morgan fingerprint density at radius 1 is 0.692 bits per heavy atom. The fourth-order valence-corrected chi connectivity index (χ4v) is 5.29. The molecule has 2 aromatic carbocycles. The largest absolute Gasteiger partial charge is 0.369 e. The van der Waals surface area contributed by atoms with Crippen molar-refractivity contribution in [1.82, 2.24) is 14.7 Å². The molecule has 0 aromatic heterocycles. The number of piperazine rings is 1. The molecule has 3 rings (SSSR count). The van der Waals surface area contributed by atoms with Gasteiger partial charge >= 0.3 is 0 Å². The van der Waals surface area contributed by atoms with Crippen molar-refractivity contribution in [1.29, 1.82) is 0 Å². The van der Waals surface area contributed by atoms with E-state index in [1.54, 1.807) is 0 Å². The van der Waals surface area contributed by atoms with Crippen LogP contribution in [0.3, 0.4) is 0 Å². The maximum absolute atomic E-state index is 13.8. The SMILES string of the molecule is CCCCCc1ccc(C(=O)N(CCN(CCCC)CCCC)Cc2ccc(N3CCN(C)CC3)cc2)cc1. The van der Waals surface area contributed by atoms with Gasteiger partial charge in [-0.2, -0.15) is 0 Å². The first kappa shape index (κ1) is 31.2. The number of hydrogen-bond acceptors (Lipinski definition) is 4. The minimum Gasteiger partial charge on any atom is -0.369 e. The van der Waals surface area contributed by atoms with Crippen LogP contribution in [0, 0.1) is 0 Å². The minimum atomic E-state index is 0.143. The van der Waals surface area contributed by atoms with Gasteiger partial charge in [-0.05, 0) is 81.2 Å². The Labute approximate surface area is 239 Å². The van der Waals surface area contributed by atoms with Gasteiger partial charge in [0.05, 0.1) is 0 Å². The average Bonchev–Trinajstić information content (AvgIpc) is 2.97. The number of anilines is 1. The van der Waals surface area contributed by atoms with E-state index in [1.807, 2.05) is 12.1 Å². The maximum atomic E-state index is 13.8. The average molecular weight is 535 g/mol. The number of benzene rings is 2. The van der Waals surface area contributed by atoms with E-state index < -0.39 is 0 Å². The summed E-state index contributed by atoms with van der Waals surface area (Å²) in [5, 5.41) is 0. The molecule has 0 bridgehead atoms. The lowest BCUT2D eigenvalue weighted by atomic mass is 10.0. The molecular formula is C34H54N4O. The monoisotopic (exact) mass is 534 g/mol. The third-order valence-electron chi connectivity index (χ3n) is 8.08. The fourth-order valence-electron chi connectivity index (χ4n) is 5.29. The summed E-state index contributed by atoms with van der Waals surface area (Å²) in [5.74, 6) is 0.143. The smallest absolute Gasteiger partial charge is 0.254 e. The van der Waals surface area contributed by atoms with E-state index in [1.165, 1.54) is 61.8 Å². The second-order valence-corrected chi connectivity index (χ2v) is 11.4. The molecule has 1 amide bonds. The Hall–Kier alpha value is -2.37. The molecule has 0 unspecified atom stereocenters. The molecule has 0 aliphatic carbocycles. The number of unbranched alkanes of at least 4 members (excludes halogenated alkanes) is 4. The molecule has 1 aliphatic rings. The molecule has 5 nitrogen and oxygen atoms in total. The molecule has 1 aliphatic heterocycles. The van der Waals surface area contributed by atoms with Gasteiger partial charge in [-0.25, -0.2) is 0 Å². The molecule has 0 N–H and O–H groups in total. The molecule has 216 valence electrons. The first-order valence-electron chi connectivity index (χ1n) is 15.7. The van der Waals surface area contributed by atoms with E-state index in [2.05, 4.69) is 83.8 Å². The van der Waals surface area contributed by atoms with Crippen molar-refractivity contribution in [3.8, 4) is 0 Å². The number of rotatable bonds is 17. The first-order chi connectivity index (χ1) is 19.0. The normalized spacial score (nSPS) is 14.2. The van der Waals surface area contributed by atoms with E-state index in [0.29, 0.717) is 6.54 Å². The van der Waals surface area contributed by atoms with Gasteiger partial charge in [0.15, 0.2) is 0 Å². The van der Waals surface area contributed by atoms with Gasteiger partial charge in [0.1, 0.15) is 0 Å². The highest BCUT2D eigenvalue weighted by Crippen LogP contribution is 2.19. The number of amides is 1. The van der Waals surface area contributed by atoms with Gasteiger partial charge < -0.3 is 19.6 Å². The lowest BCUT2D eigenvalue weighted by molar-refractivity contribution is 0.0720. The molecule has 2 aromatic rings. The van der Waals surface area contributed by atoms with Crippen molar-refractivity contribution in [2.75, 3.05) is 64.3 Å². The Bertz CT molecular complexity index is 927. The lowest BCUT2D eigenvalue weighted by Gasteiger charge is -2.34. The Morgan fingerprint density at radius 2 is 1.28 bits per heavy atom. The fraction of sp³-hybridized carbons (Fsp3) is 0.618. The molecule has 0 radical (unpaired) electrons. The summed E-state index contributed by atoms with van der Waals surface area (Å²) in [4.78, 5) is 23.3. The summed E-state index contributed by atoms with van der Waals surface area (Å²) >= 11 is 0. The van der Waals surface area contributed by atoms with Gasteiger partial charge in [0.2, 0.25) is 0 Å². The second-order valence-electron chi connectivity index (χ2n) is 11.4. The predicted molar refractivity (Wildman–Crippen MR) is 167 cm³/mol. The minimum absolute atomic E-state index is 0.143. The zero-order valence-electron chi connectivity index (χ0n) is 25.3. The zero-order valence-corrected chi connectivity index (χ0v) is 25.3. The number of carbonyl (C=O) groups excluding carboxylic acids is 1. The molecule has 0 saturated carbocycles. The number of carbonyl (C=O) groups is 1. The van der Waals surface area contributed by atoms with Gasteiger partial charge in [-0.3, -0.25) is 4.79 Å². The van der Waals surface area contributed by atoms with E-state index in [-0.39, 0.29) is 5.91 Å². The summed E-state index contributed by atoms with van der Waals surface area (Å²) < 4.78 is 0. The van der Waals surface area contributed by atoms with Crippen LogP contribution >= 0.6 is 0 Å². The molecule has 0 atom stereocenters. The van der Waals surface area contributed by atoms with Crippen LogP contribution in [-0.2, 0) is 13.0 Å². The van der Waals surface area contributed by atoms with Crippen molar-refractivity contribution in [3.63, 3.8) is 0 Å². The molecule has 1 saturated heterocycles. The standard InChI is InChI=1S/C34H54N4O/c1-5-8-11-12-30-13-17-32(18-14-30)34(39)38(28-25-36(21-9-6-2)22-10-7-3)29-31-15-19-33(20-16-31)37-26-23-35(4)24-27-37/h13-20H,5-12,21-29H2,1-4H3. The Kier molecular flexibility index (Phi) is 13.9. The van der Waals surface area contributed by atoms with Crippen LogP contribution in [0.15, 0.2) is 48.5 Å². The summed E-state index contributed by atoms with van der Waals surface area (Å²) in [6.45, 7) is 15.7. The van der Waals surface area contributed by atoms with Crippen molar-refractivity contribution < 1.29 is 4.79 Å². The predicted octanol–water partition coefficient (Wildman–Crippen LogP) is 6.72. The number of nitrogens with zero attached hydrogens (tertiary/aromatic N) is 4. The van der Waals surface area contributed by atoms with Crippen molar-refractivity contribution >= 4 is 11.6 Å². The lowest BCUT2D eigenvalue weighted by Crippen LogP contribution is -2.44. The summed E-state index contributed by atoms with van der Waals surface area (Å²) in [6, 6.07) is 17.3. The summed E-state index contributed by atoms with van der Waals surface area (Å²) in [5.41, 5.74) is 4.62. The number of likely N-dealkylation sites (N-methyl/N-ethyl adjacent to an activating group) is 1.